The minimum atomic E-state index is -1.54. The highest BCUT2D eigenvalue weighted by Gasteiger charge is 2.50. The molecule has 0 heterocycles. The van der Waals surface area contributed by atoms with E-state index in [-0.39, 0.29) is 5.78 Å². The van der Waals surface area contributed by atoms with Crippen LogP contribution in [0.4, 0.5) is 0 Å². The fraction of sp³-hybridized carbons (Fsp3) is 0.562. The van der Waals surface area contributed by atoms with Gasteiger partial charge in [0.25, 0.3) is 0 Å². The largest absolute Gasteiger partial charge is 0.350 e. The molecule has 1 atom stereocenters. The van der Waals surface area contributed by atoms with Crippen LogP contribution in [0.2, 0.25) is 0 Å². The van der Waals surface area contributed by atoms with Crippen molar-refractivity contribution in [2.24, 2.45) is 0 Å². The van der Waals surface area contributed by atoms with Gasteiger partial charge in [0, 0.05) is 18.4 Å². The van der Waals surface area contributed by atoms with Crippen molar-refractivity contribution in [1.82, 2.24) is 0 Å². The molecule has 1 rings (SSSR count). The number of hydrogen-bond donors (Lipinski definition) is 0. The lowest BCUT2D eigenvalue weighted by Gasteiger charge is -2.21. The number of hydrogen-bond acceptors (Lipinski definition) is 2. The molecule has 1 aromatic rings. The predicted molar refractivity (Wildman–Crippen MR) is 81.8 cm³/mol. The molecule has 19 heavy (non-hydrogen) atoms. The number of carbonyl (C=O) groups is 1. The Bertz CT molecular complexity index is 490. The van der Waals surface area contributed by atoms with Gasteiger partial charge in [-0.1, -0.05) is 36.1 Å². The van der Waals surface area contributed by atoms with Gasteiger partial charge < -0.3 is 0 Å². The van der Waals surface area contributed by atoms with Crippen molar-refractivity contribution in [3.05, 3.63) is 34.4 Å². The topological polar surface area (TPSA) is 34.1 Å². The van der Waals surface area contributed by atoms with Crippen LogP contribution in [-0.2, 0) is 4.57 Å². The van der Waals surface area contributed by atoms with Gasteiger partial charge in [0.2, 0.25) is 10.9 Å². The van der Waals surface area contributed by atoms with Crippen LogP contribution in [0.1, 0.15) is 53.7 Å². The van der Waals surface area contributed by atoms with Crippen molar-refractivity contribution < 1.29 is 9.36 Å². The van der Waals surface area contributed by atoms with Crippen LogP contribution in [0.3, 0.4) is 0 Å². The molecule has 0 radical (unpaired) electrons. The molecule has 104 valence electrons. The van der Waals surface area contributed by atoms with Crippen molar-refractivity contribution in [1.29, 1.82) is 0 Å². The maximum Gasteiger partial charge on any atom is 0.350 e. The fourth-order valence-corrected chi connectivity index (χ4v) is 4.22. The van der Waals surface area contributed by atoms with Gasteiger partial charge in [-0.15, -0.1) is 0 Å². The zero-order chi connectivity index (χ0) is 14.8. The lowest BCUT2D eigenvalue weighted by atomic mass is 9.86. The molecule has 0 aliphatic heterocycles. The SMILES string of the molecule is CCC(CC)(C(=O)c1c(C)cc(C)cc1C)[P+](C)=O. The van der Waals surface area contributed by atoms with Crippen LogP contribution in [0.5, 0.6) is 0 Å². The zero-order valence-corrected chi connectivity index (χ0v) is 13.7. The van der Waals surface area contributed by atoms with E-state index >= 15 is 0 Å². The van der Waals surface area contributed by atoms with E-state index in [4.69, 9.17) is 0 Å². The summed E-state index contributed by atoms with van der Waals surface area (Å²) < 4.78 is 12.2. The van der Waals surface area contributed by atoms with E-state index in [0.29, 0.717) is 12.8 Å². The number of carbonyl (C=O) groups excluding carboxylic acids is 1. The summed E-state index contributed by atoms with van der Waals surface area (Å²) in [4.78, 5) is 12.9. The summed E-state index contributed by atoms with van der Waals surface area (Å²) in [5.41, 5.74) is 3.90. The van der Waals surface area contributed by atoms with Crippen molar-refractivity contribution in [2.45, 2.75) is 52.6 Å². The second-order valence-electron chi connectivity index (χ2n) is 5.34. The van der Waals surface area contributed by atoms with Crippen molar-refractivity contribution in [3.63, 3.8) is 0 Å². The average molecular weight is 279 g/mol. The summed E-state index contributed by atoms with van der Waals surface area (Å²) in [6.07, 6.45) is 1.25. The lowest BCUT2D eigenvalue weighted by Crippen LogP contribution is -2.34. The molecule has 0 saturated carbocycles. The quantitative estimate of drug-likeness (QED) is 0.572. The molecular weight excluding hydrogens is 255 g/mol. The minimum Gasteiger partial charge on any atom is -0.289 e. The second kappa shape index (κ2) is 5.96. The number of Topliss-reactive ketones (excluding diaryl/α,β-unsaturated/α-hetero) is 1. The third-order valence-corrected chi connectivity index (χ3v) is 6.14. The van der Waals surface area contributed by atoms with Crippen molar-refractivity contribution >= 4 is 13.6 Å². The summed E-state index contributed by atoms with van der Waals surface area (Å²) in [5, 5.41) is -0.708. The Morgan fingerprint density at radius 1 is 1.11 bits per heavy atom. The molecule has 1 aromatic carbocycles. The van der Waals surface area contributed by atoms with E-state index in [1.54, 1.807) is 6.66 Å². The summed E-state index contributed by atoms with van der Waals surface area (Å²) in [7, 11) is -1.54. The Labute approximate surface area is 117 Å². The van der Waals surface area contributed by atoms with Crippen LogP contribution in [-0.4, -0.2) is 17.6 Å². The van der Waals surface area contributed by atoms with Crippen molar-refractivity contribution in [3.8, 4) is 0 Å². The molecule has 0 bridgehead atoms. The molecule has 0 saturated heterocycles. The third kappa shape index (κ3) is 2.79. The molecule has 0 aliphatic carbocycles. The van der Waals surface area contributed by atoms with Gasteiger partial charge in [0.15, 0.2) is 0 Å². The van der Waals surface area contributed by atoms with E-state index in [9.17, 15) is 9.36 Å². The highest BCUT2D eigenvalue weighted by atomic mass is 31.1. The Hall–Kier alpha value is -1.01. The highest BCUT2D eigenvalue weighted by Crippen LogP contribution is 2.44. The van der Waals surface area contributed by atoms with Gasteiger partial charge in [0.1, 0.15) is 6.66 Å². The molecule has 0 spiro atoms. The number of ketones is 1. The van der Waals surface area contributed by atoms with Gasteiger partial charge in [-0.05, 0) is 31.9 Å². The van der Waals surface area contributed by atoms with Gasteiger partial charge in [-0.2, -0.15) is 0 Å². The zero-order valence-electron chi connectivity index (χ0n) is 12.8. The first-order chi connectivity index (χ1) is 8.80. The van der Waals surface area contributed by atoms with E-state index in [2.05, 4.69) is 0 Å². The first-order valence-corrected chi connectivity index (χ1v) is 8.54. The normalized spacial score (nSPS) is 12.4. The first-order valence-electron chi connectivity index (χ1n) is 6.83. The molecular formula is C16H24O2P+. The smallest absolute Gasteiger partial charge is 0.289 e. The Morgan fingerprint density at radius 3 is 1.84 bits per heavy atom. The van der Waals surface area contributed by atoms with E-state index < -0.39 is 13.0 Å². The summed E-state index contributed by atoms with van der Waals surface area (Å²) in [5.74, 6) is 0.0520. The van der Waals surface area contributed by atoms with Crippen LogP contribution in [0.15, 0.2) is 12.1 Å². The highest BCUT2D eigenvalue weighted by molar-refractivity contribution is 7.47. The first kappa shape index (κ1) is 16.0. The van der Waals surface area contributed by atoms with Crippen LogP contribution >= 0.6 is 7.80 Å². The molecule has 0 aliphatic rings. The molecule has 2 nitrogen and oxygen atoms in total. The molecule has 0 N–H and O–H groups in total. The second-order valence-corrected chi connectivity index (χ2v) is 7.19. The maximum atomic E-state index is 12.9. The number of benzene rings is 1. The molecule has 1 unspecified atom stereocenters. The molecule has 0 fully saturated rings. The Kier molecular flexibility index (Phi) is 5.04. The Balaban J connectivity index is 3.45. The third-order valence-electron chi connectivity index (χ3n) is 4.10. The average Bonchev–Trinajstić information content (AvgIpc) is 2.29. The van der Waals surface area contributed by atoms with Gasteiger partial charge >= 0.3 is 7.80 Å². The summed E-state index contributed by atoms with van der Waals surface area (Å²) in [6, 6.07) is 4.05. The summed E-state index contributed by atoms with van der Waals surface area (Å²) in [6.45, 7) is 11.5. The maximum absolute atomic E-state index is 12.9. The van der Waals surface area contributed by atoms with Crippen LogP contribution < -0.4 is 0 Å². The van der Waals surface area contributed by atoms with E-state index in [0.717, 1.165) is 22.3 Å². The van der Waals surface area contributed by atoms with Gasteiger partial charge in [0.05, 0.1) is 0 Å². The summed E-state index contributed by atoms with van der Waals surface area (Å²) >= 11 is 0. The fourth-order valence-electron chi connectivity index (χ4n) is 2.93. The van der Waals surface area contributed by atoms with E-state index in [1.165, 1.54) is 0 Å². The molecule has 0 aromatic heterocycles. The monoisotopic (exact) mass is 279 g/mol. The number of rotatable bonds is 5. The molecule has 3 heteroatoms. The minimum absolute atomic E-state index is 0.0520. The van der Waals surface area contributed by atoms with Gasteiger partial charge in [-0.3, -0.25) is 4.79 Å². The van der Waals surface area contributed by atoms with Crippen LogP contribution in [0, 0.1) is 20.8 Å². The molecule has 0 amide bonds. The number of aryl methyl sites for hydroxylation is 3. The standard InChI is InChI=1S/C16H24O2P/c1-7-16(8-2,19(6)18)15(17)14-12(4)9-11(3)10-13(14)5/h9-10H,7-8H2,1-6H3/q+1. The lowest BCUT2D eigenvalue weighted by molar-refractivity contribution is 0.0931. The van der Waals surface area contributed by atoms with Crippen LogP contribution in [0.25, 0.3) is 0 Å². The predicted octanol–water partition coefficient (Wildman–Crippen LogP) is 4.81. The van der Waals surface area contributed by atoms with E-state index in [1.807, 2.05) is 46.8 Å². The van der Waals surface area contributed by atoms with Crippen molar-refractivity contribution in [2.75, 3.05) is 6.66 Å². The van der Waals surface area contributed by atoms with Gasteiger partial charge in [-0.25, -0.2) is 0 Å². The Morgan fingerprint density at radius 2 is 1.53 bits per heavy atom.